The Balaban J connectivity index is 2.08. The fourth-order valence-corrected chi connectivity index (χ4v) is 2.02. The Morgan fingerprint density at radius 2 is 2.06 bits per heavy atom. The first-order valence-corrected chi connectivity index (χ1v) is 6.83. The lowest BCUT2D eigenvalue weighted by Gasteiger charge is -2.03. The van der Waals surface area contributed by atoms with Gasteiger partial charge in [-0.3, -0.25) is 4.68 Å². The Morgan fingerprint density at radius 1 is 1.35 bits per heavy atom. The molecule has 0 aliphatic rings. The molecule has 1 unspecified atom stereocenters. The highest BCUT2D eigenvalue weighted by Crippen LogP contribution is 2.23. The first-order chi connectivity index (χ1) is 8.19. The monoisotopic (exact) mass is 312 g/mol. The second kappa shape index (κ2) is 5.69. The Morgan fingerprint density at radius 3 is 2.71 bits per heavy atom. The van der Waals surface area contributed by atoms with Crippen LogP contribution in [0.4, 0.5) is 0 Å². The molecule has 1 aromatic carbocycles. The molecule has 1 aromatic heterocycles. The molecule has 0 spiro atoms. The predicted molar refractivity (Wildman–Crippen MR) is 74.4 cm³/mol. The zero-order valence-electron chi connectivity index (χ0n) is 9.61. The van der Waals surface area contributed by atoms with Crippen LogP contribution in [0.15, 0.2) is 41.1 Å². The summed E-state index contributed by atoms with van der Waals surface area (Å²) in [6.45, 7) is 2.85. The molecule has 90 valence electrons. The molecule has 2 aromatic rings. The van der Waals surface area contributed by atoms with E-state index in [0.717, 1.165) is 23.0 Å². The molecule has 4 heteroatoms. The van der Waals surface area contributed by atoms with Gasteiger partial charge in [-0.05, 0) is 24.1 Å². The Bertz CT molecular complexity index is 478. The van der Waals surface area contributed by atoms with Crippen molar-refractivity contribution in [2.45, 2.75) is 25.3 Å². The quantitative estimate of drug-likeness (QED) is 0.766. The minimum Gasteiger partial charge on any atom is -0.268 e. The van der Waals surface area contributed by atoms with E-state index in [1.54, 1.807) is 0 Å². The summed E-state index contributed by atoms with van der Waals surface area (Å²) in [5.74, 6) is 0. The normalized spacial score (nSPS) is 12.6. The zero-order valence-corrected chi connectivity index (χ0v) is 11.9. The van der Waals surface area contributed by atoms with Gasteiger partial charge in [0.15, 0.2) is 0 Å². The van der Waals surface area contributed by atoms with Crippen molar-refractivity contribution in [2.75, 3.05) is 0 Å². The summed E-state index contributed by atoms with van der Waals surface area (Å²) in [5.41, 5.74) is 2.32. The Hall–Kier alpha value is -0.800. The highest BCUT2D eigenvalue weighted by Gasteiger charge is 2.07. The first-order valence-electron chi connectivity index (χ1n) is 5.60. The predicted octanol–water partition coefficient (Wildman–Crippen LogP) is 4.38. The van der Waals surface area contributed by atoms with Crippen molar-refractivity contribution in [1.82, 2.24) is 9.78 Å². The molecule has 0 saturated heterocycles. The van der Waals surface area contributed by atoms with Crippen molar-refractivity contribution >= 4 is 27.5 Å². The summed E-state index contributed by atoms with van der Waals surface area (Å²) in [7, 11) is 0. The van der Waals surface area contributed by atoms with Gasteiger partial charge in [0.1, 0.15) is 0 Å². The van der Waals surface area contributed by atoms with Crippen molar-refractivity contribution < 1.29 is 0 Å². The number of aromatic nitrogens is 2. The van der Waals surface area contributed by atoms with E-state index in [1.807, 2.05) is 29.2 Å². The smallest absolute Gasteiger partial charge is 0.0659 e. The van der Waals surface area contributed by atoms with Crippen LogP contribution in [0.1, 0.15) is 29.8 Å². The van der Waals surface area contributed by atoms with Gasteiger partial charge >= 0.3 is 0 Å². The fourth-order valence-electron chi connectivity index (χ4n) is 1.64. The average molecular weight is 314 g/mol. The SMILES string of the molecule is CCC(Cl)c1cnn(Cc2ccc(Br)cc2)c1. The van der Waals surface area contributed by atoms with E-state index >= 15 is 0 Å². The summed E-state index contributed by atoms with van der Waals surface area (Å²) in [5, 5.41) is 4.39. The molecule has 2 rings (SSSR count). The molecule has 0 N–H and O–H groups in total. The van der Waals surface area contributed by atoms with Crippen LogP contribution in [0, 0.1) is 0 Å². The maximum absolute atomic E-state index is 6.17. The number of nitrogens with zero attached hydrogens (tertiary/aromatic N) is 2. The molecule has 1 heterocycles. The van der Waals surface area contributed by atoms with Gasteiger partial charge in [-0.1, -0.05) is 35.0 Å². The molecule has 17 heavy (non-hydrogen) atoms. The third kappa shape index (κ3) is 3.33. The first kappa shape index (κ1) is 12.7. The van der Waals surface area contributed by atoms with E-state index in [4.69, 9.17) is 11.6 Å². The van der Waals surface area contributed by atoms with Crippen LogP contribution in [0.25, 0.3) is 0 Å². The van der Waals surface area contributed by atoms with Gasteiger partial charge in [0.2, 0.25) is 0 Å². The second-order valence-corrected chi connectivity index (χ2v) is 5.42. The third-order valence-electron chi connectivity index (χ3n) is 2.63. The lowest BCUT2D eigenvalue weighted by atomic mass is 10.2. The number of hydrogen-bond donors (Lipinski definition) is 0. The van der Waals surface area contributed by atoms with Gasteiger partial charge < -0.3 is 0 Å². The van der Waals surface area contributed by atoms with Crippen LogP contribution in [0.3, 0.4) is 0 Å². The largest absolute Gasteiger partial charge is 0.268 e. The van der Waals surface area contributed by atoms with Crippen LogP contribution in [0.5, 0.6) is 0 Å². The summed E-state index contributed by atoms with van der Waals surface area (Å²) >= 11 is 9.59. The van der Waals surface area contributed by atoms with E-state index in [0.29, 0.717) is 0 Å². The average Bonchev–Trinajstić information content (AvgIpc) is 2.80. The number of halogens is 2. The van der Waals surface area contributed by atoms with Gasteiger partial charge in [-0.2, -0.15) is 5.10 Å². The van der Waals surface area contributed by atoms with Gasteiger partial charge in [0.25, 0.3) is 0 Å². The van der Waals surface area contributed by atoms with E-state index in [9.17, 15) is 0 Å². The highest BCUT2D eigenvalue weighted by molar-refractivity contribution is 9.10. The topological polar surface area (TPSA) is 17.8 Å². The van der Waals surface area contributed by atoms with Crippen LogP contribution >= 0.6 is 27.5 Å². The van der Waals surface area contributed by atoms with Gasteiger partial charge in [-0.25, -0.2) is 0 Å². The summed E-state index contributed by atoms with van der Waals surface area (Å²) < 4.78 is 3.01. The Kier molecular flexibility index (Phi) is 4.24. The lowest BCUT2D eigenvalue weighted by Crippen LogP contribution is -1.99. The van der Waals surface area contributed by atoms with Crippen molar-refractivity contribution in [1.29, 1.82) is 0 Å². The van der Waals surface area contributed by atoms with Gasteiger partial charge in [0, 0.05) is 16.2 Å². The molecular formula is C13H14BrClN2. The number of rotatable bonds is 4. The fraction of sp³-hybridized carbons (Fsp3) is 0.308. The molecule has 0 amide bonds. The summed E-state index contributed by atoms with van der Waals surface area (Å²) in [4.78, 5) is 0. The van der Waals surface area contributed by atoms with Crippen LogP contribution in [-0.4, -0.2) is 9.78 Å². The van der Waals surface area contributed by atoms with Crippen molar-refractivity contribution in [3.8, 4) is 0 Å². The molecule has 0 saturated carbocycles. The molecule has 2 nitrogen and oxygen atoms in total. The zero-order chi connectivity index (χ0) is 12.3. The maximum atomic E-state index is 6.17. The van der Waals surface area contributed by atoms with Crippen LogP contribution in [0.2, 0.25) is 0 Å². The number of hydrogen-bond acceptors (Lipinski definition) is 1. The minimum atomic E-state index is 0.0636. The highest BCUT2D eigenvalue weighted by atomic mass is 79.9. The van der Waals surface area contributed by atoms with E-state index in [2.05, 4.69) is 40.1 Å². The van der Waals surface area contributed by atoms with E-state index < -0.39 is 0 Å². The second-order valence-electron chi connectivity index (χ2n) is 3.97. The molecule has 0 aliphatic heterocycles. The van der Waals surface area contributed by atoms with Crippen LogP contribution in [-0.2, 0) is 6.54 Å². The summed E-state index contributed by atoms with van der Waals surface area (Å²) in [6, 6.07) is 8.25. The molecule has 0 bridgehead atoms. The van der Waals surface area contributed by atoms with E-state index in [1.165, 1.54) is 5.56 Å². The minimum absolute atomic E-state index is 0.0636. The van der Waals surface area contributed by atoms with Gasteiger partial charge in [0.05, 0.1) is 18.1 Å². The molecule has 0 aliphatic carbocycles. The Labute approximate surface area is 115 Å². The van der Waals surface area contributed by atoms with Crippen molar-refractivity contribution in [3.63, 3.8) is 0 Å². The van der Waals surface area contributed by atoms with E-state index in [-0.39, 0.29) is 5.38 Å². The van der Waals surface area contributed by atoms with Crippen molar-refractivity contribution in [2.24, 2.45) is 0 Å². The third-order valence-corrected chi connectivity index (χ3v) is 3.72. The molecule has 0 radical (unpaired) electrons. The molecule has 0 fully saturated rings. The lowest BCUT2D eigenvalue weighted by molar-refractivity contribution is 0.685. The molecular weight excluding hydrogens is 300 g/mol. The van der Waals surface area contributed by atoms with Crippen LogP contribution < -0.4 is 0 Å². The standard InChI is InChI=1S/C13H14BrClN2/c1-2-13(15)11-7-16-17(9-11)8-10-3-5-12(14)6-4-10/h3-7,9,13H,2,8H2,1H3. The molecule has 1 atom stereocenters. The number of alkyl halides is 1. The maximum Gasteiger partial charge on any atom is 0.0659 e. The number of benzene rings is 1. The summed E-state index contributed by atoms with van der Waals surface area (Å²) in [6.07, 6.45) is 4.79. The van der Waals surface area contributed by atoms with Crippen molar-refractivity contribution in [3.05, 3.63) is 52.3 Å². The van der Waals surface area contributed by atoms with Gasteiger partial charge in [-0.15, -0.1) is 11.6 Å².